The number of esters is 1. The van der Waals surface area contributed by atoms with Crippen LogP contribution in [0, 0.1) is 0 Å². The fourth-order valence-corrected chi connectivity index (χ4v) is 5.85. The van der Waals surface area contributed by atoms with Crippen LogP contribution in [0.4, 0.5) is 0 Å². The second-order valence-electron chi connectivity index (χ2n) is 10.1. The Labute approximate surface area is 225 Å². The Kier molecular flexibility index (Phi) is 6.11. The molecule has 2 aliphatic rings. The number of nitrogens with zero attached hydrogens (tertiary/aromatic N) is 3. The van der Waals surface area contributed by atoms with Crippen molar-refractivity contribution in [1.82, 2.24) is 14.0 Å². The lowest BCUT2D eigenvalue weighted by atomic mass is 10.0. The Morgan fingerprint density at radius 1 is 0.868 bits per heavy atom. The van der Waals surface area contributed by atoms with Gasteiger partial charge >= 0.3 is 11.7 Å². The summed E-state index contributed by atoms with van der Waals surface area (Å²) < 4.78 is 8.39. The fourth-order valence-electron chi connectivity index (χ4n) is 5.68. The third kappa shape index (κ3) is 4.02. The molecule has 38 heavy (non-hydrogen) atoms. The van der Waals surface area contributed by atoms with Crippen LogP contribution in [0.3, 0.4) is 0 Å². The van der Waals surface area contributed by atoms with Gasteiger partial charge in [-0.15, -0.1) is 0 Å². The molecule has 6 rings (SSSR count). The minimum absolute atomic E-state index is 0.0245. The molecule has 2 fully saturated rings. The number of carbonyl (C=O) groups excluding carboxylic acids is 2. The quantitative estimate of drug-likeness (QED) is 0.325. The molecule has 0 bridgehead atoms. The predicted octanol–water partition coefficient (Wildman–Crippen LogP) is 5.40. The van der Waals surface area contributed by atoms with Crippen LogP contribution in [-0.2, 0) is 10.3 Å². The molecule has 0 N–H and O–H groups in total. The molecule has 1 aromatic heterocycles. The maximum atomic E-state index is 14.1. The highest BCUT2D eigenvalue weighted by molar-refractivity contribution is 6.31. The van der Waals surface area contributed by atoms with Gasteiger partial charge in [0.1, 0.15) is 0 Å². The number of halogens is 1. The van der Waals surface area contributed by atoms with Gasteiger partial charge in [0.2, 0.25) is 0 Å². The highest BCUT2D eigenvalue weighted by atomic mass is 35.5. The van der Waals surface area contributed by atoms with Crippen molar-refractivity contribution in [3.63, 3.8) is 0 Å². The van der Waals surface area contributed by atoms with Crippen LogP contribution in [0.25, 0.3) is 16.7 Å². The fraction of sp³-hybridized carbons (Fsp3) is 0.300. The second kappa shape index (κ2) is 9.48. The van der Waals surface area contributed by atoms with Crippen LogP contribution in [0.5, 0.6) is 0 Å². The second-order valence-corrected chi connectivity index (χ2v) is 10.5. The SMILES string of the molecule is COC(=O)c1cccc(C2(n3c(=O)n(-c4ccc(C(=O)N5CCCCC5)cc4)c4cc(Cl)ccc43)CC2)c1. The topological polar surface area (TPSA) is 73.5 Å². The number of imidazole rings is 1. The van der Waals surface area contributed by atoms with Crippen molar-refractivity contribution >= 4 is 34.5 Å². The number of benzene rings is 3. The number of hydrogen-bond acceptors (Lipinski definition) is 4. The predicted molar refractivity (Wildman–Crippen MR) is 146 cm³/mol. The number of fused-ring (bicyclic) bond motifs is 1. The molecule has 0 radical (unpaired) electrons. The van der Waals surface area contributed by atoms with Crippen molar-refractivity contribution in [3.8, 4) is 5.69 Å². The molecule has 0 spiro atoms. The molecule has 4 aromatic rings. The molecule has 0 unspecified atom stereocenters. The molecule has 194 valence electrons. The highest BCUT2D eigenvalue weighted by Gasteiger charge is 2.49. The van der Waals surface area contributed by atoms with Crippen LogP contribution in [0.15, 0.2) is 71.5 Å². The van der Waals surface area contributed by atoms with Gasteiger partial charge in [-0.05, 0) is 92.3 Å². The first kappa shape index (κ1) is 24.5. The van der Waals surface area contributed by atoms with Gasteiger partial charge in [0.25, 0.3) is 5.91 Å². The Bertz CT molecular complexity index is 1610. The summed E-state index contributed by atoms with van der Waals surface area (Å²) >= 11 is 6.38. The van der Waals surface area contributed by atoms with E-state index in [1.54, 1.807) is 34.9 Å². The van der Waals surface area contributed by atoms with Gasteiger partial charge in [0, 0.05) is 23.7 Å². The van der Waals surface area contributed by atoms with Gasteiger partial charge < -0.3 is 9.64 Å². The molecule has 3 aromatic carbocycles. The maximum Gasteiger partial charge on any atom is 0.337 e. The monoisotopic (exact) mass is 529 g/mol. The lowest BCUT2D eigenvalue weighted by Crippen LogP contribution is -2.35. The van der Waals surface area contributed by atoms with E-state index in [0.29, 0.717) is 27.4 Å². The minimum Gasteiger partial charge on any atom is -0.465 e. The van der Waals surface area contributed by atoms with Crippen molar-refractivity contribution in [2.45, 2.75) is 37.6 Å². The molecule has 8 heteroatoms. The summed E-state index contributed by atoms with van der Waals surface area (Å²) in [7, 11) is 1.36. The van der Waals surface area contributed by atoms with Gasteiger partial charge in [-0.2, -0.15) is 0 Å². The largest absolute Gasteiger partial charge is 0.465 e. The van der Waals surface area contributed by atoms with Gasteiger partial charge in [0.15, 0.2) is 0 Å². The number of carbonyl (C=O) groups is 2. The van der Waals surface area contributed by atoms with Gasteiger partial charge in [-0.3, -0.25) is 13.9 Å². The van der Waals surface area contributed by atoms with E-state index in [1.165, 1.54) is 7.11 Å². The molecule has 7 nitrogen and oxygen atoms in total. The molecular formula is C30H28ClN3O4. The summed E-state index contributed by atoms with van der Waals surface area (Å²) in [6.45, 7) is 1.57. The molecule has 1 aliphatic heterocycles. The zero-order valence-corrected chi connectivity index (χ0v) is 21.9. The average molecular weight is 530 g/mol. The summed E-state index contributed by atoms with van der Waals surface area (Å²) in [4.78, 5) is 41.2. The Morgan fingerprint density at radius 2 is 1.61 bits per heavy atom. The van der Waals surface area contributed by atoms with Crippen molar-refractivity contribution in [2.24, 2.45) is 0 Å². The van der Waals surface area contributed by atoms with Gasteiger partial charge in [-0.25, -0.2) is 9.59 Å². The third-order valence-corrected chi connectivity index (χ3v) is 8.03. The van der Waals surface area contributed by atoms with Crippen LogP contribution < -0.4 is 5.69 Å². The maximum absolute atomic E-state index is 14.1. The van der Waals surface area contributed by atoms with Crippen LogP contribution in [-0.4, -0.2) is 46.1 Å². The summed E-state index contributed by atoms with van der Waals surface area (Å²) in [5, 5.41) is 0.526. The number of rotatable bonds is 5. The van der Waals surface area contributed by atoms with Crippen molar-refractivity contribution in [1.29, 1.82) is 0 Å². The number of aromatic nitrogens is 2. The summed E-state index contributed by atoms with van der Waals surface area (Å²) in [5.41, 5.74) is 3.30. The molecule has 1 saturated heterocycles. The normalized spacial score (nSPS) is 16.4. The number of piperidine rings is 1. The number of methoxy groups -OCH3 is 1. The zero-order valence-electron chi connectivity index (χ0n) is 21.2. The minimum atomic E-state index is -0.567. The Morgan fingerprint density at radius 3 is 2.29 bits per heavy atom. The lowest BCUT2D eigenvalue weighted by molar-refractivity contribution is 0.0600. The number of likely N-dealkylation sites (tertiary alicyclic amines) is 1. The van der Waals surface area contributed by atoms with E-state index in [0.717, 1.165) is 56.3 Å². The standard InChI is InChI=1S/C30H28ClN3O4/c1-38-28(36)21-6-5-7-22(18-21)30(14-15-30)34-25-13-10-23(31)19-26(25)33(29(34)37)24-11-8-20(9-12-24)27(35)32-16-3-2-4-17-32/h5-13,18-19H,2-4,14-17H2,1H3. The van der Waals surface area contributed by atoms with Crippen molar-refractivity contribution in [2.75, 3.05) is 20.2 Å². The van der Waals surface area contributed by atoms with E-state index in [-0.39, 0.29) is 11.6 Å². The zero-order chi connectivity index (χ0) is 26.4. The molecule has 0 atom stereocenters. The van der Waals surface area contributed by atoms with E-state index >= 15 is 0 Å². The van der Waals surface area contributed by atoms with Crippen LogP contribution in [0.2, 0.25) is 5.02 Å². The average Bonchev–Trinajstić information content (AvgIpc) is 3.70. The smallest absolute Gasteiger partial charge is 0.337 e. The van der Waals surface area contributed by atoms with E-state index in [1.807, 2.05) is 45.9 Å². The van der Waals surface area contributed by atoms with Crippen molar-refractivity contribution in [3.05, 3.63) is 98.9 Å². The van der Waals surface area contributed by atoms with Gasteiger partial charge in [-0.1, -0.05) is 23.7 Å². The van der Waals surface area contributed by atoms with E-state index in [9.17, 15) is 14.4 Å². The Hall–Kier alpha value is -3.84. The first-order chi connectivity index (χ1) is 18.4. The Balaban J connectivity index is 1.45. The summed E-state index contributed by atoms with van der Waals surface area (Å²) in [6, 6.07) is 20.0. The van der Waals surface area contributed by atoms with E-state index < -0.39 is 11.5 Å². The van der Waals surface area contributed by atoms with Gasteiger partial charge in [0.05, 0.1) is 34.9 Å². The molecule has 1 amide bonds. The van der Waals surface area contributed by atoms with Crippen LogP contribution in [0.1, 0.15) is 58.4 Å². The number of ether oxygens (including phenoxy) is 1. The third-order valence-electron chi connectivity index (χ3n) is 7.79. The van der Waals surface area contributed by atoms with E-state index in [4.69, 9.17) is 16.3 Å². The molecule has 1 aliphatic carbocycles. The molecule has 2 heterocycles. The lowest BCUT2D eigenvalue weighted by Gasteiger charge is -2.26. The van der Waals surface area contributed by atoms with Crippen LogP contribution >= 0.6 is 11.6 Å². The summed E-state index contributed by atoms with van der Waals surface area (Å²) in [5.74, 6) is -0.389. The highest BCUT2D eigenvalue weighted by Crippen LogP contribution is 2.50. The summed E-state index contributed by atoms with van der Waals surface area (Å²) in [6.07, 6.45) is 4.76. The molecule has 1 saturated carbocycles. The number of hydrogen-bond donors (Lipinski definition) is 0. The molecular weight excluding hydrogens is 502 g/mol. The van der Waals surface area contributed by atoms with Crippen molar-refractivity contribution < 1.29 is 14.3 Å². The first-order valence-electron chi connectivity index (χ1n) is 12.9. The number of amides is 1. The first-order valence-corrected chi connectivity index (χ1v) is 13.3. The van der Waals surface area contributed by atoms with E-state index in [2.05, 4.69) is 0 Å².